The number of halogens is 6. The van der Waals surface area contributed by atoms with Gasteiger partial charge in [0.2, 0.25) is 12.7 Å². The molecule has 4 rings (SSSR count). The Balaban J connectivity index is 1.55. The minimum absolute atomic E-state index is 0.000384. The molecular formula is C28H27F6N3O5. The van der Waals surface area contributed by atoms with Crippen LogP contribution in [0.2, 0.25) is 0 Å². The number of alkyl halides is 6. The maximum absolute atomic E-state index is 13.5. The predicted octanol–water partition coefficient (Wildman–Crippen LogP) is 6.83. The lowest BCUT2D eigenvalue weighted by molar-refractivity contribution is -0.143. The highest BCUT2D eigenvalue weighted by molar-refractivity contribution is 5.92. The number of carbonyl (C=O) groups is 2. The molecule has 2 aromatic carbocycles. The topological polar surface area (TPSA) is 84.2 Å². The predicted molar refractivity (Wildman–Crippen MR) is 138 cm³/mol. The van der Waals surface area contributed by atoms with Crippen molar-refractivity contribution in [2.75, 3.05) is 25.2 Å². The number of fused-ring (bicyclic) bond motifs is 1. The maximum atomic E-state index is 13.5. The van der Waals surface area contributed by atoms with Crippen LogP contribution in [0, 0.1) is 6.92 Å². The van der Waals surface area contributed by atoms with Crippen molar-refractivity contribution >= 4 is 17.6 Å². The highest BCUT2D eigenvalue weighted by Crippen LogP contribution is 2.38. The number of rotatable bonds is 9. The highest BCUT2D eigenvalue weighted by Gasteiger charge is 2.37. The molecule has 1 N–H and O–H groups in total. The van der Waals surface area contributed by atoms with E-state index in [4.69, 9.17) is 13.9 Å². The van der Waals surface area contributed by atoms with Crippen molar-refractivity contribution in [3.8, 4) is 11.5 Å². The molecule has 1 aromatic heterocycles. The maximum Gasteiger partial charge on any atom is 0.416 e. The van der Waals surface area contributed by atoms with E-state index in [1.165, 1.54) is 4.90 Å². The fourth-order valence-corrected chi connectivity index (χ4v) is 4.27. The first-order valence-electron chi connectivity index (χ1n) is 12.8. The summed E-state index contributed by atoms with van der Waals surface area (Å²) < 4.78 is 96.0. The number of furan rings is 1. The fraction of sp³-hybridized carbons (Fsp3) is 0.357. The minimum Gasteiger partial charge on any atom is -0.464 e. The third kappa shape index (κ3) is 7.68. The lowest BCUT2D eigenvalue weighted by atomic mass is 10.1. The number of urea groups is 1. The molecular weight excluding hydrogens is 572 g/mol. The normalized spacial score (nSPS) is 12.8. The first kappa shape index (κ1) is 30.6. The van der Waals surface area contributed by atoms with E-state index in [1.807, 2.05) is 0 Å². The van der Waals surface area contributed by atoms with E-state index >= 15 is 0 Å². The summed E-state index contributed by atoms with van der Waals surface area (Å²) >= 11 is 0. The van der Waals surface area contributed by atoms with Crippen LogP contribution in [0.25, 0.3) is 0 Å². The van der Waals surface area contributed by atoms with Crippen LogP contribution < -0.4 is 14.8 Å². The molecule has 0 unspecified atom stereocenters. The number of ether oxygens (including phenoxy) is 2. The third-order valence-corrected chi connectivity index (χ3v) is 6.25. The average Bonchev–Trinajstić information content (AvgIpc) is 3.54. The number of carbonyl (C=O) groups excluding carboxylic acids is 2. The number of benzene rings is 2. The number of hydrogen-bond donors (Lipinski definition) is 1. The summed E-state index contributed by atoms with van der Waals surface area (Å²) in [6.07, 6.45) is -9.81. The van der Waals surface area contributed by atoms with Gasteiger partial charge in [0, 0.05) is 18.8 Å². The van der Waals surface area contributed by atoms with E-state index in [0.717, 1.165) is 4.90 Å². The van der Waals surface area contributed by atoms with Gasteiger partial charge in [-0.1, -0.05) is 13.0 Å². The lowest BCUT2D eigenvalue weighted by Gasteiger charge is -2.27. The van der Waals surface area contributed by atoms with Crippen LogP contribution >= 0.6 is 0 Å². The second-order valence-corrected chi connectivity index (χ2v) is 9.60. The molecule has 0 radical (unpaired) electrons. The Morgan fingerprint density at radius 3 is 2.12 bits per heavy atom. The fourth-order valence-electron chi connectivity index (χ4n) is 4.27. The molecule has 42 heavy (non-hydrogen) atoms. The van der Waals surface area contributed by atoms with E-state index < -0.39 is 47.6 Å². The number of amides is 3. The number of hydrogen-bond acceptors (Lipinski definition) is 5. The summed E-state index contributed by atoms with van der Waals surface area (Å²) in [6.45, 7) is 3.11. The first-order chi connectivity index (χ1) is 19.7. The van der Waals surface area contributed by atoms with Gasteiger partial charge in [-0.15, -0.1) is 0 Å². The van der Waals surface area contributed by atoms with Crippen molar-refractivity contribution in [2.24, 2.45) is 0 Å². The van der Waals surface area contributed by atoms with Gasteiger partial charge < -0.3 is 29.0 Å². The third-order valence-electron chi connectivity index (χ3n) is 6.25. The molecule has 226 valence electrons. The first-order valence-corrected chi connectivity index (χ1v) is 12.8. The van der Waals surface area contributed by atoms with Crippen LogP contribution in [-0.2, 0) is 30.2 Å². The molecule has 3 amide bonds. The Kier molecular flexibility index (Phi) is 8.92. The van der Waals surface area contributed by atoms with Crippen molar-refractivity contribution in [2.45, 2.75) is 45.7 Å². The molecule has 0 fully saturated rings. The molecule has 0 atom stereocenters. The van der Waals surface area contributed by atoms with Gasteiger partial charge in [0.05, 0.1) is 17.7 Å². The SMILES string of the molecule is CCCN(CC(=O)N(Cc1ccc2c(c1)OCO2)Cc1ccc(C)o1)C(=O)Nc1cc(C(F)(F)F)cc(C(F)(F)F)c1. The van der Waals surface area contributed by atoms with Crippen molar-refractivity contribution in [3.63, 3.8) is 0 Å². The van der Waals surface area contributed by atoms with Gasteiger partial charge >= 0.3 is 18.4 Å². The van der Waals surface area contributed by atoms with Crippen LogP contribution in [0.3, 0.4) is 0 Å². The number of anilines is 1. The highest BCUT2D eigenvalue weighted by atomic mass is 19.4. The molecule has 14 heteroatoms. The molecule has 1 aliphatic rings. The van der Waals surface area contributed by atoms with Gasteiger partial charge in [-0.3, -0.25) is 4.79 Å². The van der Waals surface area contributed by atoms with Gasteiger partial charge in [-0.2, -0.15) is 26.3 Å². The minimum atomic E-state index is -5.08. The zero-order valence-corrected chi connectivity index (χ0v) is 22.6. The van der Waals surface area contributed by atoms with Gasteiger partial charge in [0.1, 0.15) is 18.1 Å². The summed E-state index contributed by atoms with van der Waals surface area (Å²) in [7, 11) is 0. The number of nitrogens with one attached hydrogen (secondary N) is 1. The largest absolute Gasteiger partial charge is 0.464 e. The molecule has 0 bridgehead atoms. The van der Waals surface area contributed by atoms with Crippen molar-refractivity contribution < 1.29 is 49.8 Å². The van der Waals surface area contributed by atoms with E-state index in [1.54, 1.807) is 44.2 Å². The monoisotopic (exact) mass is 599 g/mol. The molecule has 0 aliphatic carbocycles. The Morgan fingerprint density at radius 2 is 1.52 bits per heavy atom. The van der Waals surface area contributed by atoms with Crippen LogP contribution in [0.15, 0.2) is 52.9 Å². The van der Waals surface area contributed by atoms with E-state index in [0.29, 0.717) is 47.1 Å². The van der Waals surface area contributed by atoms with Gasteiger partial charge in [0.15, 0.2) is 11.5 Å². The summed E-state index contributed by atoms with van der Waals surface area (Å²) in [6, 6.07) is 8.30. The molecule has 0 spiro atoms. The molecule has 0 saturated heterocycles. The van der Waals surface area contributed by atoms with Crippen molar-refractivity contribution in [1.82, 2.24) is 9.80 Å². The quantitative estimate of drug-likeness (QED) is 0.273. The number of nitrogens with zero attached hydrogens (tertiary/aromatic N) is 2. The molecule has 8 nitrogen and oxygen atoms in total. The summed E-state index contributed by atoms with van der Waals surface area (Å²) in [5, 5.41) is 2.09. The summed E-state index contributed by atoms with van der Waals surface area (Å²) in [4.78, 5) is 29.0. The number of aryl methyl sites for hydroxylation is 1. The second-order valence-electron chi connectivity index (χ2n) is 9.60. The average molecular weight is 600 g/mol. The van der Waals surface area contributed by atoms with Crippen LogP contribution in [0.4, 0.5) is 36.8 Å². The molecule has 3 aromatic rings. The van der Waals surface area contributed by atoms with Gasteiger partial charge in [-0.05, 0) is 61.4 Å². The Morgan fingerprint density at radius 1 is 0.857 bits per heavy atom. The van der Waals surface area contributed by atoms with E-state index in [2.05, 4.69) is 5.32 Å². The summed E-state index contributed by atoms with van der Waals surface area (Å²) in [5.74, 6) is 1.60. The molecule has 2 heterocycles. The standard InChI is InChI=1S/C28H27F6N3O5/c1-3-8-36(26(39)35-21-11-19(27(29,30)31)10-20(12-21)28(32,33)34)15-25(38)37(14-22-6-4-17(2)42-22)13-18-5-7-23-24(9-18)41-16-40-23/h4-7,9-12H,3,8,13-16H2,1-2H3,(H,35,39). The van der Waals surface area contributed by atoms with Gasteiger partial charge in [-0.25, -0.2) is 4.79 Å². The zero-order chi connectivity index (χ0) is 30.7. The zero-order valence-electron chi connectivity index (χ0n) is 22.6. The van der Waals surface area contributed by atoms with Crippen LogP contribution in [-0.4, -0.2) is 41.6 Å². The van der Waals surface area contributed by atoms with Crippen molar-refractivity contribution in [1.29, 1.82) is 0 Å². The Bertz CT molecular complexity index is 1400. The lowest BCUT2D eigenvalue weighted by Crippen LogP contribution is -2.44. The van der Waals surface area contributed by atoms with Crippen LogP contribution in [0.5, 0.6) is 11.5 Å². The van der Waals surface area contributed by atoms with E-state index in [-0.39, 0.29) is 32.5 Å². The van der Waals surface area contributed by atoms with Crippen molar-refractivity contribution in [3.05, 3.63) is 76.7 Å². The smallest absolute Gasteiger partial charge is 0.416 e. The summed E-state index contributed by atoms with van der Waals surface area (Å²) in [5.41, 5.74) is -3.17. The second kappa shape index (κ2) is 12.2. The molecule has 0 saturated carbocycles. The Hall–Kier alpha value is -4.36. The van der Waals surface area contributed by atoms with Crippen LogP contribution in [0.1, 0.15) is 41.6 Å². The van der Waals surface area contributed by atoms with Gasteiger partial charge in [0.25, 0.3) is 0 Å². The molecule has 1 aliphatic heterocycles. The van der Waals surface area contributed by atoms with E-state index in [9.17, 15) is 35.9 Å². The Labute approximate surface area is 236 Å².